The zero-order chi connectivity index (χ0) is 14.5. The summed E-state index contributed by atoms with van der Waals surface area (Å²) in [5.41, 5.74) is 9.38. The van der Waals surface area contributed by atoms with Gasteiger partial charge in [-0.05, 0) is 24.3 Å². The van der Waals surface area contributed by atoms with Crippen LogP contribution < -0.4 is 62.0 Å². The van der Waals surface area contributed by atoms with Crippen molar-refractivity contribution in [2.75, 3.05) is 10.6 Å². The second kappa shape index (κ2) is 8.21. The molecule has 0 aliphatic rings. The standard InChI is InChI=1S/C15H13N6.K/c16-13-19-14(17-11-7-3-1-4-8-11)21-15(20-13)18-12-9-5-2-6-10-12;/h1-10H,(H3-,16,17,18,19,20,21);/q-1;+1. The zero-order valence-electron chi connectivity index (χ0n) is 12.1. The molecule has 0 spiro atoms. The summed E-state index contributed by atoms with van der Waals surface area (Å²) in [5, 5.41) is 6.10. The third-order valence-corrected chi connectivity index (χ3v) is 2.70. The van der Waals surface area contributed by atoms with Crippen LogP contribution >= 0.6 is 0 Å². The fourth-order valence-corrected chi connectivity index (χ4v) is 1.79. The zero-order valence-corrected chi connectivity index (χ0v) is 15.2. The average Bonchev–Trinajstić information content (AvgIpc) is 2.48. The molecule has 7 heteroatoms. The van der Waals surface area contributed by atoms with Gasteiger partial charge in [0.2, 0.25) is 0 Å². The van der Waals surface area contributed by atoms with Gasteiger partial charge < -0.3 is 26.3 Å². The maximum absolute atomic E-state index is 7.67. The first-order chi connectivity index (χ1) is 10.3. The predicted octanol–water partition coefficient (Wildman–Crippen LogP) is 1.05. The molecule has 1 heterocycles. The largest absolute Gasteiger partial charge is 1.00 e. The van der Waals surface area contributed by atoms with Crippen molar-refractivity contribution in [1.82, 2.24) is 15.0 Å². The number of anilines is 4. The van der Waals surface area contributed by atoms with Gasteiger partial charge >= 0.3 is 51.4 Å². The Bertz CT molecular complexity index is 661. The van der Waals surface area contributed by atoms with Crippen LogP contribution in [-0.4, -0.2) is 15.0 Å². The minimum atomic E-state index is -0.0955. The number of hydrogen-bond donors (Lipinski definition) is 2. The first-order valence-corrected chi connectivity index (χ1v) is 6.41. The predicted molar refractivity (Wildman–Crippen MR) is 83.3 cm³/mol. The minimum absolute atomic E-state index is 0. The second-order valence-corrected chi connectivity index (χ2v) is 4.29. The number of nitrogens with one attached hydrogen (secondary N) is 3. The van der Waals surface area contributed by atoms with E-state index in [1.54, 1.807) is 0 Å². The van der Waals surface area contributed by atoms with Crippen LogP contribution in [0, 0.1) is 0 Å². The molecule has 0 radical (unpaired) electrons. The Balaban J connectivity index is 0.00000176. The van der Waals surface area contributed by atoms with Crippen molar-refractivity contribution >= 4 is 29.2 Å². The molecular formula is C15H13KN6. The van der Waals surface area contributed by atoms with E-state index in [1.807, 2.05) is 60.7 Å². The molecule has 0 saturated heterocycles. The van der Waals surface area contributed by atoms with Crippen molar-refractivity contribution in [2.45, 2.75) is 0 Å². The van der Waals surface area contributed by atoms with E-state index >= 15 is 0 Å². The molecular weight excluding hydrogens is 303 g/mol. The minimum Gasteiger partial charge on any atom is -0.410 e. The molecule has 0 fully saturated rings. The van der Waals surface area contributed by atoms with Gasteiger partial charge in [0.25, 0.3) is 0 Å². The van der Waals surface area contributed by atoms with Crippen LogP contribution in [-0.2, 0) is 0 Å². The summed E-state index contributed by atoms with van der Waals surface area (Å²) in [7, 11) is 0. The van der Waals surface area contributed by atoms with E-state index in [1.165, 1.54) is 0 Å². The average molecular weight is 316 g/mol. The van der Waals surface area contributed by atoms with Crippen molar-refractivity contribution in [3.8, 4) is 0 Å². The van der Waals surface area contributed by atoms with E-state index in [2.05, 4.69) is 25.6 Å². The van der Waals surface area contributed by atoms with Gasteiger partial charge in [0.15, 0.2) is 11.9 Å². The van der Waals surface area contributed by atoms with Crippen molar-refractivity contribution in [2.24, 2.45) is 0 Å². The molecule has 104 valence electrons. The van der Waals surface area contributed by atoms with E-state index in [0.717, 1.165) is 11.4 Å². The molecule has 0 amide bonds. The molecule has 2 aromatic carbocycles. The van der Waals surface area contributed by atoms with Gasteiger partial charge in [-0.3, -0.25) is 0 Å². The molecule has 0 bridgehead atoms. The Morgan fingerprint density at radius 2 is 1.05 bits per heavy atom. The topological polar surface area (TPSA) is 86.5 Å². The van der Waals surface area contributed by atoms with Crippen molar-refractivity contribution < 1.29 is 51.4 Å². The molecule has 0 saturated carbocycles. The van der Waals surface area contributed by atoms with E-state index < -0.39 is 0 Å². The smallest absolute Gasteiger partial charge is 0.410 e. The summed E-state index contributed by atoms with van der Waals surface area (Å²) in [6.07, 6.45) is 0. The molecule has 3 N–H and O–H groups in total. The molecule has 6 nitrogen and oxygen atoms in total. The fraction of sp³-hybridized carbons (Fsp3) is 0. The first-order valence-electron chi connectivity index (χ1n) is 6.41. The Kier molecular flexibility index (Phi) is 6.29. The second-order valence-electron chi connectivity index (χ2n) is 4.29. The molecule has 0 atom stereocenters. The number of para-hydroxylation sites is 2. The summed E-state index contributed by atoms with van der Waals surface area (Å²) in [6, 6.07) is 19.1. The van der Waals surface area contributed by atoms with Gasteiger partial charge in [-0.25, -0.2) is 4.98 Å². The molecule has 3 aromatic rings. The number of hydrogen-bond acceptors (Lipinski definition) is 5. The van der Waals surface area contributed by atoms with E-state index in [-0.39, 0.29) is 57.3 Å². The molecule has 3 rings (SSSR count). The molecule has 22 heavy (non-hydrogen) atoms. The number of benzene rings is 2. The Morgan fingerprint density at radius 1 is 0.636 bits per heavy atom. The molecule has 0 unspecified atom stereocenters. The van der Waals surface area contributed by atoms with Crippen molar-refractivity contribution in [3.63, 3.8) is 0 Å². The van der Waals surface area contributed by atoms with Gasteiger partial charge in [0.05, 0.1) is 0 Å². The summed E-state index contributed by atoms with van der Waals surface area (Å²) in [5.74, 6) is 0.570. The maximum atomic E-state index is 7.67. The number of nitrogens with zero attached hydrogens (tertiary/aromatic N) is 3. The Labute approximate surface area is 171 Å². The van der Waals surface area contributed by atoms with Gasteiger partial charge in [-0.15, -0.1) is 0 Å². The van der Waals surface area contributed by atoms with Gasteiger partial charge in [0.1, 0.15) is 0 Å². The maximum Gasteiger partial charge on any atom is 1.00 e. The Morgan fingerprint density at radius 3 is 1.45 bits per heavy atom. The van der Waals surface area contributed by atoms with Crippen LogP contribution in [0.3, 0.4) is 0 Å². The number of aromatic nitrogens is 3. The van der Waals surface area contributed by atoms with Crippen LogP contribution in [0.2, 0.25) is 0 Å². The monoisotopic (exact) mass is 316 g/mol. The third kappa shape index (κ3) is 4.75. The summed E-state index contributed by atoms with van der Waals surface area (Å²) in [6.45, 7) is 0. The van der Waals surface area contributed by atoms with Gasteiger partial charge in [-0.2, -0.15) is 0 Å². The summed E-state index contributed by atoms with van der Waals surface area (Å²) < 4.78 is 0. The van der Waals surface area contributed by atoms with Crippen molar-refractivity contribution in [3.05, 3.63) is 66.4 Å². The van der Waals surface area contributed by atoms with Crippen LogP contribution in [0.25, 0.3) is 5.73 Å². The summed E-state index contributed by atoms with van der Waals surface area (Å²) >= 11 is 0. The van der Waals surface area contributed by atoms with E-state index in [9.17, 15) is 0 Å². The third-order valence-electron chi connectivity index (χ3n) is 2.70. The Hall–Kier alpha value is -1.51. The van der Waals surface area contributed by atoms with Gasteiger partial charge in [0, 0.05) is 17.3 Å². The fourth-order valence-electron chi connectivity index (χ4n) is 1.79. The van der Waals surface area contributed by atoms with Crippen molar-refractivity contribution in [1.29, 1.82) is 0 Å². The molecule has 1 aromatic heterocycles. The quantitative estimate of drug-likeness (QED) is 0.703. The van der Waals surface area contributed by atoms with Crippen LogP contribution in [0.15, 0.2) is 60.7 Å². The summed E-state index contributed by atoms with van der Waals surface area (Å²) in [4.78, 5) is 12.2. The SMILES string of the molecule is [K+].[NH-]c1nc(Nc2ccccc2)nc(Nc2ccccc2)n1. The van der Waals surface area contributed by atoms with Gasteiger partial charge in [-0.1, -0.05) is 36.4 Å². The van der Waals surface area contributed by atoms with Crippen LogP contribution in [0.4, 0.5) is 29.2 Å². The first kappa shape index (κ1) is 16.9. The van der Waals surface area contributed by atoms with Crippen LogP contribution in [0.5, 0.6) is 0 Å². The number of rotatable bonds is 4. The molecule has 0 aliphatic carbocycles. The molecule has 0 aliphatic heterocycles. The van der Waals surface area contributed by atoms with Crippen LogP contribution in [0.1, 0.15) is 0 Å². The normalized spacial score (nSPS) is 9.64. The van der Waals surface area contributed by atoms with E-state index in [4.69, 9.17) is 5.73 Å². The van der Waals surface area contributed by atoms with E-state index in [0.29, 0.717) is 11.9 Å².